The van der Waals surface area contributed by atoms with Crippen molar-refractivity contribution in [1.29, 1.82) is 0 Å². The highest BCUT2D eigenvalue weighted by Gasteiger charge is 2.33. The second-order valence-corrected chi connectivity index (χ2v) is 8.71. The van der Waals surface area contributed by atoms with Crippen LogP contribution in [0.5, 0.6) is 11.5 Å². The Kier molecular flexibility index (Phi) is 7.62. The van der Waals surface area contributed by atoms with Gasteiger partial charge >= 0.3 is 12.0 Å². The van der Waals surface area contributed by atoms with E-state index in [0.29, 0.717) is 22.0 Å². The molecule has 8 nitrogen and oxygen atoms in total. The summed E-state index contributed by atoms with van der Waals surface area (Å²) in [6.07, 6.45) is 1.58. The van der Waals surface area contributed by atoms with Crippen LogP contribution in [0.15, 0.2) is 41.3 Å². The maximum atomic E-state index is 12.7. The number of esters is 1. The van der Waals surface area contributed by atoms with Gasteiger partial charge in [-0.25, -0.2) is 10.2 Å². The largest absolute Gasteiger partial charge is 0.493 e. The molecule has 0 bridgehead atoms. The van der Waals surface area contributed by atoms with Gasteiger partial charge in [0.1, 0.15) is 0 Å². The molecule has 1 saturated heterocycles. The van der Waals surface area contributed by atoms with Crippen molar-refractivity contribution in [3.8, 4) is 11.5 Å². The van der Waals surface area contributed by atoms with E-state index in [9.17, 15) is 14.4 Å². The Hall–Kier alpha value is -2.79. The van der Waals surface area contributed by atoms with E-state index in [0.717, 1.165) is 16.8 Å². The number of amides is 3. The number of carbonyl (C=O) groups is 3. The maximum Gasteiger partial charge on any atom is 0.338 e. The molecule has 0 saturated carbocycles. The smallest absolute Gasteiger partial charge is 0.338 e. The van der Waals surface area contributed by atoms with Crippen molar-refractivity contribution in [2.24, 2.45) is 0 Å². The van der Waals surface area contributed by atoms with Gasteiger partial charge in [-0.2, -0.15) is 5.01 Å². The lowest BCUT2D eigenvalue weighted by molar-refractivity contribution is -0.132. The van der Waals surface area contributed by atoms with Crippen LogP contribution in [-0.4, -0.2) is 34.3 Å². The molecule has 3 rings (SSSR count). The van der Waals surface area contributed by atoms with Crippen LogP contribution >= 0.6 is 47.2 Å². The average Bonchev–Trinajstić information content (AvgIpc) is 2.98. The van der Waals surface area contributed by atoms with Crippen LogP contribution in [0, 0.1) is 0 Å². The standard InChI is InChI=1S/C20H15Cl2N3O5S2/c1-10(26)30-15-6-3-11(7-16(15)29-2)8-17-18(27)25(20(31)32-17)24-19(28)23-12-4-5-13(21)14(22)9-12/h3-9H,1-2H3,(H2,23,24,28)/b17-8-. The lowest BCUT2D eigenvalue weighted by atomic mass is 10.2. The average molecular weight is 512 g/mol. The number of carbonyl (C=O) groups excluding carboxylic acids is 3. The van der Waals surface area contributed by atoms with Crippen molar-refractivity contribution in [2.45, 2.75) is 6.92 Å². The molecule has 2 aromatic rings. The van der Waals surface area contributed by atoms with Crippen molar-refractivity contribution in [1.82, 2.24) is 10.4 Å². The number of halogens is 2. The van der Waals surface area contributed by atoms with Gasteiger partial charge in [-0.05, 0) is 54.2 Å². The predicted octanol–water partition coefficient (Wildman–Crippen LogP) is 4.87. The number of ether oxygens (including phenoxy) is 2. The fourth-order valence-electron chi connectivity index (χ4n) is 2.56. The molecule has 0 aromatic heterocycles. The van der Waals surface area contributed by atoms with Crippen molar-refractivity contribution in [2.75, 3.05) is 12.4 Å². The Morgan fingerprint density at radius 2 is 1.88 bits per heavy atom. The van der Waals surface area contributed by atoms with Crippen LogP contribution in [-0.2, 0) is 9.59 Å². The molecule has 1 aliphatic rings. The first-order valence-electron chi connectivity index (χ1n) is 8.85. The molecule has 32 heavy (non-hydrogen) atoms. The number of hydrogen-bond donors (Lipinski definition) is 2. The fraction of sp³-hybridized carbons (Fsp3) is 0.100. The molecule has 0 radical (unpaired) electrons. The molecule has 0 spiro atoms. The third kappa shape index (κ3) is 5.71. The topological polar surface area (TPSA) is 97.0 Å². The molecule has 166 valence electrons. The highest BCUT2D eigenvalue weighted by Crippen LogP contribution is 2.34. The number of methoxy groups -OCH3 is 1. The normalized spacial score (nSPS) is 14.5. The number of anilines is 1. The number of urea groups is 1. The molecule has 1 fully saturated rings. The van der Waals surface area contributed by atoms with Crippen molar-refractivity contribution in [3.63, 3.8) is 0 Å². The van der Waals surface area contributed by atoms with E-state index in [1.165, 1.54) is 26.2 Å². The maximum absolute atomic E-state index is 12.7. The van der Waals surface area contributed by atoms with Gasteiger partial charge in [0, 0.05) is 12.6 Å². The molecule has 2 N–H and O–H groups in total. The summed E-state index contributed by atoms with van der Waals surface area (Å²) in [5.41, 5.74) is 3.40. The number of thioether (sulfide) groups is 1. The second-order valence-electron chi connectivity index (χ2n) is 6.22. The SMILES string of the molecule is COc1cc(/C=C2\SC(=S)N(NC(=O)Nc3ccc(Cl)c(Cl)c3)C2=O)ccc1OC(C)=O. The molecule has 0 aliphatic carbocycles. The summed E-state index contributed by atoms with van der Waals surface area (Å²) in [5, 5.41) is 4.12. The predicted molar refractivity (Wildman–Crippen MR) is 128 cm³/mol. The summed E-state index contributed by atoms with van der Waals surface area (Å²) in [6, 6.07) is 8.69. The molecular formula is C20H15Cl2N3O5S2. The first-order valence-corrected chi connectivity index (χ1v) is 10.8. The lowest BCUT2D eigenvalue weighted by Gasteiger charge is -2.16. The first kappa shape index (κ1) is 23.9. The Labute approximate surface area is 202 Å². The zero-order valence-corrected chi connectivity index (χ0v) is 19.7. The number of nitrogens with zero attached hydrogens (tertiary/aromatic N) is 1. The monoisotopic (exact) mass is 511 g/mol. The van der Waals surface area contributed by atoms with Gasteiger partial charge in [0.15, 0.2) is 15.8 Å². The summed E-state index contributed by atoms with van der Waals surface area (Å²) in [5.74, 6) is -0.414. The number of rotatable bonds is 5. The van der Waals surface area contributed by atoms with Crippen LogP contribution in [0.4, 0.5) is 10.5 Å². The van der Waals surface area contributed by atoms with Crippen LogP contribution < -0.4 is 20.2 Å². The Morgan fingerprint density at radius 1 is 1.12 bits per heavy atom. The van der Waals surface area contributed by atoms with E-state index in [-0.39, 0.29) is 20.0 Å². The van der Waals surface area contributed by atoms with Crippen LogP contribution in [0.2, 0.25) is 10.0 Å². The van der Waals surface area contributed by atoms with Gasteiger partial charge in [0.2, 0.25) is 0 Å². The summed E-state index contributed by atoms with van der Waals surface area (Å²) in [4.78, 5) is 36.5. The van der Waals surface area contributed by atoms with Gasteiger partial charge in [-0.3, -0.25) is 9.59 Å². The van der Waals surface area contributed by atoms with Crippen molar-refractivity contribution in [3.05, 3.63) is 56.9 Å². The third-order valence-corrected chi connectivity index (χ3v) is 5.96. The minimum absolute atomic E-state index is 0.147. The van der Waals surface area contributed by atoms with Gasteiger partial charge in [0.05, 0.1) is 22.1 Å². The van der Waals surface area contributed by atoms with E-state index in [4.69, 9.17) is 44.9 Å². The first-order chi connectivity index (χ1) is 15.2. The highest BCUT2D eigenvalue weighted by atomic mass is 35.5. The molecule has 1 heterocycles. The van der Waals surface area contributed by atoms with Gasteiger partial charge in [-0.15, -0.1) is 0 Å². The Bertz CT molecular complexity index is 1160. The van der Waals surface area contributed by atoms with Gasteiger partial charge in [-0.1, -0.05) is 41.0 Å². The third-order valence-electron chi connectivity index (χ3n) is 3.92. The highest BCUT2D eigenvalue weighted by molar-refractivity contribution is 8.26. The molecule has 3 amide bonds. The minimum Gasteiger partial charge on any atom is -0.493 e. The number of hydrazine groups is 1. The fourth-order valence-corrected chi connectivity index (χ4v) is 4.04. The Morgan fingerprint density at radius 3 is 2.53 bits per heavy atom. The van der Waals surface area contributed by atoms with E-state index >= 15 is 0 Å². The zero-order chi connectivity index (χ0) is 23.4. The van der Waals surface area contributed by atoms with Crippen LogP contribution in [0.3, 0.4) is 0 Å². The molecular weight excluding hydrogens is 497 g/mol. The van der Waals surface area contributed by atoms with Gasteiger partial charge in [0.25, 0.3) is 5.91 Å². The Balaban J connectivity index is 1.72. The number of thiocarbonyl (C=S) groups is 1. The summed E-state index contributed by atoms with van der Waals surface area (Å²) in [6.45, 7) is 1.28. The molecule has 0 atom stereocenters. The number of nitrogens with one attached hydrogen (secondary N) is 2. The summed E-state index contributed by atoms with van der Waals surface area (Å²) in [7, 11) is 1.43. The summed E-state index contributed by atoms with van der Waals surface area (Å²) >= 11 is 18.0. The molecule has 1 aliphatic heterocycles. The quantitative estimate of drug-likeness (QED) is 0.256. The van der Waals surface area contributed by atoms with Crippen LogP contribution in [0.1, 0.15) is 12.5 Å². The van der Waals surface area contributed by atoms with E-state index in [2.05, 4.69) is 10.7 Å². The van der Waals surface area contributed by atoms with Crippen molar-refractivity contribution < 1.29 is 23.9 Å². The van der Waals surface area contributed by atoms with E-state index in [1.807, 2.05) is 0 Å². The minimum atomic E-state index is -0.687. The van der Waals surface area contributed by atoms with E-state index < -0.39 is 17.9 Å². The van der Waals surface area contributed by atoms with Crippen LogP contribution in [0.25, 0.3) is 6.08 Å². The molecule has 2 aromatic carbocycles. The molecule has 0 unspecified atom stereocenters. The second kappa shape index (κ2) is 10.2. The number of benzene rings is 2. The summed E-state index contributed by atoms with van der Waals surface area (Å²) < 4.78 is 10.4. The molecule has 12 heteroatoms. The van der Waals surface area contributed by atoms with E-state index in [1.54, 1.807) is 30.3 Å². The van der Waals surface area contributed by atoms with Gasteiger partial charge < -0.3 is 14.8 Å². The number of hydrogen-bond acceptors (Lipinski definition) is 7. The van der Waals surface area contributed by atoms with Crippen molar-refractivity contribution >= 4 is 81.2 Å². The lowest BCUT2D eigenvalue weighted by Crippen LogP contribution is -2.46. The zero-order valence-electron chi connectivity index (χ0n) is 16.6.